The molecule has 0 aliphatic carbocycles. The molecule has 0 aromatic heterocycles. The maximum atomic E-state index is 12.4. The lowest BCUT2D eigenvalue weighted by molar-refractivity contribution is 0.103. The van der Waals surface area contributed by atoms with E-state index in [1.165, 1.54) is 6.07 Å². The third kappa shape index (κ3) is 2.78. The number of hydrogen-bond acceptors (Lipinski definition) is 3. The molecular formula is C16H16ClNO2. The van der Waals surface area contributed by atoms with Gasteiger partial charge in [-0.05, 0) is 47.9 Å². The van der Waals surface area contributed by atoms with E-state index in [0.717, 1.165) is 0 Å². The molecule has 3 nitrogen and oxygen atoms in total. The molecule has 0 bridgehead atoms. The van der Waals surface area contributed by atoms with E-state index in [0.29, 0.717) is 21.8 Å². The molecule has 0 unspecified atom stereocenters. The van der Waals surface area contributed by atoms with Gasteiger partial charge in [0.15, 0.2) is 5.78 Å². The standard InChI is InChI=1S/C16H16ClNO2/c1-9(2)13-7-11(17)8-14(16(13)20)15(19)10-3-5-12(18)6-4-10/h3-9,20H,18H2,1-2H3. The highest BCUT2D eigenvalue weighted by Gasteiger charge is 2.19. The topological polar surface area (TPSA) is 63.3 Å². The molecule has 0 aliphatic rings. The largest absolute Gasteiger partial charge is 0.507 e. The molecular weight excluding hydrogens is 274 g/mol. The predicted molar refractivity (Wildman–Crippen MR) is 81.5 cm³/mol. The number of carbonyl (C=O) groups is 1. The molecule has 3 N–H and O–H groups in total. The Morgan fingerprint density at radius 3 is 2.35 bits per heavy atom. The van der Waals surface area contributed by atoms with Crippen LogP contribution in [0.3, 0.4) is 0 Å². The molecule has 2 aromatic carbocycles. The van der Waals surface area contributed by atoms with Gasteiger partial charge in [-0.1, -0.05) is 25.4 Å². The van der Waals surface area contributed by atoms with Crippen molar-refractivity contribution in [3.8, 4) is 5.75 Å². The van der Waals surface area contributed by atoms with E-state index in [2.05, 4.69) is 0 Å². The van der Waals surface area contributed by atoms with Crippen molar-refractivity contribution in [3.05, 3.63) is 58.1 Å². The number of nitrogens with two attached hydrogens (primary N) is 1. The lowest BCUT2D eigenvalue weighted by Crippen LogP contribution is -2.04. The van der Waals surface area contributed by atoms with E-state index < -0.39 is 0 Å². The number of aromatic hydroxyl groups is 1. The molecule has 0 saturated carbocycles. The Balaban J connectivity index is 2.52. The minimum absolute atomic E-state index is 0.00812. The van der Waals surface area contributed by atoms with Crippen molar-refractivity contribution in [2.75, 3.05) is 5.73 Å². The van der Waals surface area contributed by atoms with Crippen molar-refractivity contribution in [3.63, 3.8) is 0 Å². The normalized spacial score (nSPS) is 10.8. The Morgan fingerprint density at radius 1 is 1.20 bits per heavy atom. The summed E-state index contributed by atoms with van der Waals surface area (Å²) in [6, 6.07) is 9.74. The number of phenolic OH excluding ortho intramolecular Hbond substituents is 1. The van der Waals surface area contributed by atoms with Gasteiger partial charge in [0.25, 0.3) is 0 Å². The van der Waals surface area contributed by atoms with Crippen molar-refractivity contribution in [2.45, 2.75) is 19.8 Å². The zero-order valence-electron chi connectivity index (χ0n) is 11.4. The van der Waals surface area contributed by atoms with Gasteiger partial charge in [0, 0.05) is 16.3 Å². The third-order valence-electron chi connectivity index (χ3n) is 3.14. The van der Waals surface area contributed by atoms with Gasteiger partial charge < -0.3 is 10.8 Å². The summed E-state index contributed by atoms with van der Waals surface area (Å²) in [5.41, 5.74) is 7.53. The Labute approximate surface area is 123 Å². The summed E-state index contributed by atoms with van der Waals surface area (Å²) in [7, 11) is 0. The SMILES string of the molecule is CC(C)c1cc(Cl)cc(C(=O)c2ccc(N)cc2)c1O. The molecule has 0 aliphatic heterocycles. The zero-order chi connectivity index (χ0) is 14.9. The molecule has 0 amide bonds. The molecule has 2 rings (SSSR count). The van der Waals surface area contributed by atoms with Crippen LogP contribution in [0.15, 0.2) is 36.4 Å². The minimum atomic E-state index is -0.271. The van der Waals surface area contributed by atoms with Gasteiger partial charge in [-0.2, -0.15) is 0 Å². The van der Waals surface area contributed by atoms with E-state index in [4.69, 9.17) is 17.3 Å². The first-order valence-electron chi connectivity index (χ1n) is 6.32. The van der Waals surface area contributed by atoms with Crippen LogP contribution in [0.4, 0.5) is 5.69 Å². The van der Waals surface area contributed by atoms with Gasteiger partial charge in [0.1, 0.15) is 5.75 Å². The summed E-state index contributed by atoms with van der Waals surface area (Å²) in [5, 5.41) is 10.7. The van der Waals surface area contributed by atoms with Crippen molar-refractivity contribution < 1.29 is 9.90 Å². The molecule has 4 heteroatoms. The van der Waals surface area contributed by atoms with E-state index >= 15 is 0 Å². The van der Waals surface area contributed by atoms with Crippen molar-refractivity contribution in [1.29, 1.82) is 0 Å². The van der Waals surface area contributed by atoms with Crippen LogP contribution in [0, 0.1) is 0 Å². The second-order valence-corrected chi connectivity index (χ2v) is 5.43. The first kappa shape index (κ1) is 14.4. The van der Waals surface area contributed by atoms with Crippen LogP contribution >= 0.6 is 11.6 Å². The van der Waals surface area contributed by atoms with Gasteiger partial charge in [0.2, 0.25) is 0 Å². The monoisotopic (exact) mass is 289 g/mol. The van der Waals surface area contributed by atoms with Crippen LogP contribution in [-0.2, 0) is 0 Å². The van der Waals surface area contributed by atoms with Crippen LogP contribution < -0.4 is 5.73 Å². The number of halogens is 1. The number of ketones is 1. The molecule has 104 valence electrons. The van der Waals surface area contributed by atoms with Crippen LogP contribution in [0.25, 0.3) is 0 Å². The first-order chi connectivity index (χ1) is 9.40. The number of phenols is 1. The van der Waals surface area contributed by atoms with Crippen LogP contribution in [-0.4, -0.2) is 10.9 Å². The fraction of sp³-hybridized carbons (Fsp3) is 0.188. The Morgan fingerprint density at radius 2 is 1.80 bits per heavy atom. The molecule has 0 spiro atoms. The van der Waals surface area contributed by atoms with E-state index in [1.807, 2.05) is 13.8 Å². The predicted octanol–water partition coefficient (Wildman–Crippen LogP) is 3.98. The molecule has 20 heavy (non-hydrogen) atoms. The van der Waals surface area contributed by atoms with Crippen molar-refractivity contribution >= 4 is 23.1 Å². The van der Waals surface area contributed by atoms with Gasteiger partial charge in [-0.25, -0.2) is 0 Å². The molecule has 0 saturated heterocycles. The average Bonchev–Trinajstić information content (AvgIpc) is 2.41. The van der Waals surface area contributed by atoms with E-state index in [9.17, 15) is 9.90 Å². The summed E-state index contributed by atoms with van der Waals surface area (Å²) < 4.78 is 0. The van der Waals surface area contributed by atoms with E-state index in [-0.39, 0.29) is 23.0 Å². The lowest BCUT2D eigenvalue weighted by Gasteiger charge is -2.13. The molecule has 0 fully saturated rings. The second-order valence-electron chi connectivity index (χ2n) is 5.00. The Bertz CT molecular complexity index is 648. The third-order valence-corrected chi connectivity index (χ3v) is 3.36. The average molecular weight is 290 g/mol. The van der Waals surface area contributed by atoms with E-state index in [1.54, 1.807) is 30.3 Å². The zero-order valence-corrected chi connectivity index (χ0v) is 12.1. The Kier molecular flexibility index (Phi) is 4.00. The lowest BCUT2D eigenvalue weighted by atomic mass is 9.95. The van der Waals surface area contributed by atoms with Crippen LogP contribution in [0.5, 0.6) is 5.75 Å². The summed E-state index contributed by atoms with van der Waals surface area (Å²) in [5.74, 6) is -0.204. The smallest absolute Gasteiger partial charge is 0.196 e. The Hall–Kier alpha value is -2.00. The number of rotatable bonds is 3. The fourth-order valence-corrected chi connectivity index (χ4v) is 2.25. The minimum Gasteiger partial charge on any atom is -0.507 e. The van der Waals surface area contributed by atoms with Gasteiger partial charge in [0.05, 0.1) is 5.56 Å². The van der Waals surface area contributed by atoms with Gasteiger partial charge in [-0.15, -0.1) is 0 Å². The summed E-state index contributed by atoms with van der Waals surface area (Å²) >= 11 is 6.04. The van der Waals surface area contributed by atoms with Gasteiger partial charge in [-0.3, -0.25) is 4.79 Å². The summed E-state index contributed by atoms with van der Waals surface area (Å²) in [4.78, 5) is 12.4. The van der Waals surface area contributed by atoms with Crippen molar-refractivity contribution in [2.24, 2.45) is 0 Å². The molecule has 2 aromatic rings. The van der Waals surface area contributed by atoms with Crippen molar-refractivity contribution in [1.82, 2.24) is 0 Å². The van der Waals surface area contributed by atoms with Crippen LogP contribution in [0.1, 0.15) is 41.3 Å². The highest BCUT2D eigenvalue weighted by molar-refractivity contribution is 6.31. The molecule has 0 heterocycles. The first-order valence-corrected chi connectivity index (χ1v) is 6.70. The highest BCUT2D eigenvalue weighted by atomic mass is 35.5. The fourth-order valence-electron chi connectivity index (χ4n) is 2.02. The maximum Gasteiger partial charge on any atom is 0.196 e. The maximum absolute atomic E-state index is 12.4. The number of anilines is 1. The summed E-state index contributed by atoms with van der Waals surface area (Å²) in [6.07, 6.45) is 0. The number of nitrogen functional groups attached to an aromatic ring is 1. The number of benzene rings is 2. The highest BCUT2D eigenvalue weighted by Crippen LogP contribution is 2.33. The van der Waals surface area contributed by atoms with Gasteiger partial charge >= 0.3 is 0 Å². The summed E-state index contributed by atoms with van der Waals surface area (Å²) in [6.45, 7) is 3.87. The van der Waals surface area contributed by atoms with Crippen LogP contribution in [0.2, 0.25) is 5.02 Å². The number of carbonyl (C=O) groups excluding carboxylic acids is 1. The number of hydrogen-bond donors (Lipinski definition) is 2. The quantitative estimate of drug-likeness (QED) is 0.663. The molecule has 0 atom stereocenters. The second kappa shape index (κ2) is 5.55. The molecule has 0 radical (unpaired) electrons.